The molecule has 0 bridgehead atoms. The maximum atomic E-state index is 13.3. The van der Waals surface area contributed by atoms with E-state index in [1.54, 1.807) is 50.2 Å². The number of carbonyl (C=O) groups is 6. The number of primary amides is 1. The molecule has 0 aliphatic carbocycles. The fourth-order valence-electron chi connectivity index (χ4n) is 4.27. The minimum atomic E-state index is -1.22. The molecule has 0 aliphatic rings. The molecule has 2 aromatic rings. The van der Waals surface area contributed by atoms with E-state index >= 15 is 0 Å². The lowest BCUT2D eigenvalue weighted by atomic mass is 9.94. The van der Waals surface area contributed by atoms with Crippen LogP contribution in [0.5, 0.6) is 0 Å². The first-order valence-corrected chi connectivity index (χ1v) is 14.6. The minimum absolute atomic E-state index is 0.00542. The van der Waals surface area contributed by atoms with Crippen LogP contribution in [-0.2, 0) is 41.7 Å². The molecular formula is C32H43N5O7. The van der Waals surface area contributed by atoms with E-state index in [1.807, 2.05) is 38.1 Å². The van der Waals surface area contributed by atoms with E-state index in [0.717, 1.165) is 11.1 Å². The van der Waals surface area contributed by atoms with Gasteiger partial charge in [0.1, 0.15) is 18.7 Å². The highest BCUT2D eigenvalue weighted by molar-refractivity contribution is 6.38. The summed E-state index contributed by atoms with van der Waals surface area (Å²) in [7, 11) is 0. The van der Waals surface area contributed by atoms with Gasteiger partial charge in [-0.3, -0.25) is 24.0 Å². The fraction of sp³-hybridized carbons (Fsp3) is 0.438. The number of ether oxygens (including phenoxy) is 1. The monoisotopic (exact) mass is 609 g/mol. The Morgan fingerprint density at radius 2 is 1.39 bits per heavy atom. The summed E-state index contributed by atoms with van der Waals surface area (Å²) in [6.07, 6.45) is 0.0594. The van der Waals surface area contributed by atoms with Crippen molar-refractivity contribution in [3.8, 4) is 0 Å². The smallest absolute Gasteiger partial charge is 0.408 e. The van der Waals surface area contributed by atoms with Crippen LogP contribution < -0.4 is 27.0 Å². The Balaban J connectivity index is 2.00. The van der Waals surface area contributed by atoms with E-state index in [-0.39, 0.29) is 25.4 Å². The minimum Gasteiger partial charge on any atom is -0.445 e. The molecule has 6 N–H and O–H groups in total. The van der Waals surface area contributed by atoms with Crippen LogP contribution in [0.1, 0.15) is 51.7 Å². The lowest BCUT2D eigenvalue weighted by Gasteiger charge is -2.26. The maximum Gasteiger partial charge on any atom is 0.408 e. The van der Waals surface area contributed by atoms with Crippen molar-refractivity contribution in [2.75, 3.05) is 6.54 Å². The second-order valence-electron chi connectivity index (χ2n) is 11.0. The first-order chi connectivity index (χ1) is 20.9. The van der Waals surface area contributed by atoms with Gasteiger partial charge >= 0.3 is 6.09 Å². The van der Waals surface area contributed by atoms with Crippen LogP contribution in [0.3, 0.4) is 0 Å². The molecule has 0 spiro atoms. The van der Waals surface area contributed by atoms with E-state index in [2.05, 4.69) is 21.3 Å². The molecule has 12 heteroatoms. The van der Waals surface area contributed by atoms with Crippen LogP contribution in [0.15, 0.2) is 60.7 Å². The summed E-state index contributed by atoms with van der Waals surface area (Å²) >= 11 is 0. The zero-order valence-corrected chi connectivity index (χ0v) is 25.6. The Bertz CT molecular complexity index is 1270. The highest BCUT2D eigenvalue weighted by Crippen LogP contribution is 2.12. The number of hydrogen-bond donors (Lipinski definition) is 5. The summed E-state index contributed by atoms with van der Waals surface area (Å²) in [4.78, 5) is 76.0. The summed E-state index contributed by atoms with van der Waals surface area (Å²) in [5.74, 6) is -4.59. The van der Waals surface area contributed by atoms with E-state index in [4.69, 9.17) is 10.5 Å². The van der Waals surface area contributed by atoms with Gasteiger partial charge in [0, 0.05) is 6.42 Å². The van der Waals surface area contributed by atoms with Gasteiger partial charge in [-0.1, -0.05) is 94.8 Å². The number of Topliss-reactive ketones (excluding diaryl/α,β-unsaturated/α-hetero) is 1. The Labute approximate surface area is 257 Å². The van der Waals surface area contributed by atoms with Crippen LogP contribution in [0.2, 0.25) is 0 Å². The predicted octanol–water partition coefficient (Wildman–Crippen LogP) is 1.76. The van der Waals surface area contributed by atoms with Crippen molar-refractivity contribution in [2.24, 2.45) is 17.6 Å². The summed E-state index contributed by atoms with van der Waals surface area (Å²) in [6.45, 7) is 6.66. The van der Waals surface area contributed by atoms with Gasteiger partial charge in [-0.15, -0.1) is 0 Å². The molecule has 0 saturated carbocycles. The van der Waals surface area contributed by atoms with Crippen molar-refractivity contribution >= 4 is 35.5 Å². The van der Waals surface area contributed by atoms with Gasteiger partial charge in [0.15, 0.2) is 0 Å². The van der Waals surface area contributed by atoms with Gasteiger partial charge in [0.05, 0.1) is 12.6 Å². The molecular weight excluding hydrogens is 566 g/mol. The van der Waals surface area contributed by atoms with Crippen LogP contribution in [0, 0.1) is 11.8 Å². The molecule has 5 amide bonds. The normalized spacial score (nSPS) is 13.5. The van der Waals surface area contributed by atoms with E-state index in [0.29, 0.717) is 6.42 Å². The van der Waals surface area contributed by atoms with E-state index in [1.165, 1.54) is 0 Å². The molecule has 0 fully saturated rings. The molecule has 2 aromatic carbocycles. The SMILES string of the molecule is CCC(C)C(NC(=O)C(CC(C)C)NC(=O)OCc1ccccc1)C(=O)C(=O)NCC(=O)NC(Cc1ccccc1)C(N)=O. The van der Waals surface area contributed by atoms with Crippen LogP contribution >= 0.6 is 0 Å². The Kier molecular flexibility index (Phi) is 14.5. The van der Waals surface area contributed by atoms with Crippen LogP contribution in [0.4, 0.5) is 4.79 Å². The molecule has 238 valence electrons. The van der Waals surface area contributed by atoms with Crippen molar-refractivity contribution < 1.29 is 33.5 Å². The number of ketones is 1. The summed E-state index contributed by atoms with van der Waals surface area (Å²) in [5.41, 5.74) is 6.98. The summed E-state index contributed by atoms with van der Waals surface area (Å²) < 4.78 is 5.25. The van der Waals surface area contributed by atoms with Crippen LogP contribution in [0.25, 0.3) is 0 Å². The molecule has 0 saturated heterocycles. The first kappa shape index (κ1) is 35.5. The molecule has 0 aromatic heterocycles. The highest BCUT2D eigenvalue weighted by Gasteiger charge is 2.34. The van der Waals surface area contributed by atoms with Gasteiger partial charge in [0.25, 0.3) is 5.91 Å². The van der Waals surface area contributed by atoms with Gasteiger partial charge in [-0.05, 0) is 29.4 Å². The standard InChI is InChI=1S/C32H43N5O7/c1-5-21(4)27(37-30(41)25(16-20(2)3)36-32(43)44-19-23-14-10-7-11-15-23)28(39)31(42)34-18-26(38)35-24(29(33)40)17-22-12-8-6-9-13-22/h6-15,20-21,24-25,27H,5,16-19H2,1-4H3,(H2,33,40)(H,34,42)(H,35,38)(H,36,43)(H,37,41). The number of carbonyl (C=O) groups excluding carboxylic acids is 6. The number of hydrogen-bond acceptors (Lipinski definition) is 7. The molecule has 0 heterocycles. The highest BCUT2D eigenvalue weighted by atomic mass is 16.5. The number of nitrogens with one attached hydrogen (secondary N) is 4. The summed E-state index contributed by atoms with van der Waals surface area (Å²) in [6, 6.07) is 14.7. The molecule has 4 unspecified atom stereocenters. The van der Waals surface area contributed by atoms with Crippen molar-refractivity contribution in [3.63, 3.8) is 0 Å². The summed E-state index contributed by atoms with van der Waals surface area (Å²) in [5, 5.41) is 9.89. The fourth-order valence-corrected chi connectivity index (χ4v) is 4.27. The van der Waals surface area contributed by atoms with E-state index in [9.17, 15) is 28.8 Å². The Hall–Kier alpha value is -4.74. The van der Waals surface area contributed by atoms with E-state index < -0.39 is 66.1 Å². The third-order valence-corrected chi connectivity index (χ3v) is 6.92. The van der Waals surface area contributed by atoms with Crippen molar-refractivity contribution in [1.29, 1.82) is 0 Å². The topological polar surface area (TPSA) is 186 Å². The molecule has 12 nitrogen and oxygen atoms in total. The van der Waals surface area contributed by atoms with Crippen molar-refractivity contribution in [2.45, 2.75) is 71.7 Å². The van der Waals surface area contributed by atoms with Crippen LogP contribution in [-0.4, -0.2) is 60.2 Å². The van der Waals surface area contributed by atoms with Crippen molar-refractivity contribution in [1.82, 2.24) is 21.3 Å². The Morgan fingerprint density at radius 1 is 0.795 bits per heavy atom. The Morgan fingerprint density at radius 3 is 1.93 bits per heavy atom. The quantitative estimate of drug-likeness (QED) is 0.169. The van der Waals surface area contributed by atoms with Gasteiger partial charge in [0.2, 0.25) is 23.5 Å². The lowest BCUT2D eigenvalue weighted by Crippen LogP contribution is -2.56. The molecule has 0 aliphatic heterocycles. The first-order valence-electron chi connectivity index (χ1n) is 14.6. The van der Waals surface area contributed by atoms with Gasteiger partial charge in [-0.25, -0.2) is 4.79 Å². The molecule has 0 radical (unpaired) electrons. The predicted molar refractivity (Wildman–Crippen MR) is 164 cm³/mol. The number of nitrogens with two attached hydrogens (primary N) is 1. The number of rotatable bonds is 17. The average molecular weight is 610 g/mol. The zero-order valence-electron chi connectivity index (χ0n) is 25.6. The maximum absolute atomic E-state index is 13.3. The van der Waals surface area contributed by atoms with Gasteiger partial charge < -0.3 is 31.7 Å². The third-order valence-electron chi connectivity index (χ3n) is 6.92. The average Bonchev–Trinajstić information content (AvgIpc) is 3.00. The largest absolute Gasteiger partial charge is 0.445 e. The lowest BCUT2D eigenvalue weighted by molar-refractivity contribution is -0.141. The van der Waals surface area contributed by atoms with Gasteiger partial charge in [-0.2, -0.15) is 0 Å². The second kappa shape index (κ2) is 18.0. The second-order valence-corrected chi connectivity index (χ2v) is 11.0. The number of benzene rings is 2. The number of alkyl carbamates (subject to hydrolysis) is 1. The molecule has 2 rings (SSSR count). The number of amides is 5. The molecule has 4 atom stereocenters. The third kappa shape index (κ3) is 12.2. The zero-order chi connectivity index (χ0) is 32.6. The van der Waals surface area contributed by atoms with Crippen molar-refractivity contribution in [3.05, 3.63) is 71.8 Å². The molecule has 44 heavy (non-hydrogen) atoms.